The molecule has 0 amide bonds. The average molecular weight is 395 g/mol. The predicted molar refractivity (Wildman–Crippen MR) is 101 cm³/mol. The molecule has 1 aliphatic heterocycles. The number of carbonyl (C=O) groups excluding carboxylic acids is 2. The summed E-state index contributed by atoms with van der Waals surface area (Å²) in [6.07, 6.45) is 8.36. The minimum atomic E-state index is -0.914. The van der Waals surface area contributed by atoms with Gasteiger partial charge >= 0.3 is 5.97 Å². The fourth-order valence-electron chi connectivity index (χ4n) is 5.34. The Morgan fingerprint density at radius 1 is 0.846 bits per heavy atom. The minimum absolute atomic E-state index is 0.136. The van der Waals surface area contributed by atoms with Crippen molar-refractivity contribution in [2.45, 2.75) is 70.3 Å². The van der Waals surface area contributed by atoms with Crippen LogP contribution in [0.2, 0.25) is 10.0 Å². The molecule has 0 N–H and O–H groups in total. The summed E-state index contributed by atoms with van der Waals surface area (Å²) in [4.78, 5) is 26.9. The summed E-state index contributed by atoms with van der Waals surface area (Å²) in [5.74, 6) is -0.189. The van der Waals surface area contributed by atoms with E-state index >= 15 is 0 Å². The second-order valence-electron chi connectivity index (χ2n) is 8.15. The Morgan fingerprint density at radius 3 is 2.08 bits per heavy atom. The molecule has 0 bridgehead atoms. The Hall–Kier alpha value is -1.06. The van der Waals surface area contributed by atoms with Gasteiger partial charge in [0.05, 0.1) is 15.5 Å². The van der Waals surface area contributed by atoms with E-state index in [1.54, 1.807) is 12.1 Å². The molecule has 3 fully saturated rings. The van der Waals surface area contributed by atoms with Gasteiger partial charge in [-0.2, -0.15) is 0 Å². The number of ketones is 1. The summed E-state index contributed by atoms with van der Waals surface area (Å²) in [5.41, 5.74) is -0.739. The second-order valence-corrected chi connectivity index (χ2v) is 8.96. The first-order valence-corrected chi connectivity index (χ1v) is 10.5. The Balaban J connectivity index is 1.80. The summed E-state index contributed by atoms with van der Waals surface area (Å²) in [7, 11) is 0. The lowest BCUT2D eigenvalue weighted by atomic mass is 9.55. The van der Waals surface area contributed by atoms with Gasteiger partial charge in [-0.25, -0.2) is 0 Å². The zero-order chi connectivity index (χ0) is 18.4. The summed E-state index contributed by atoms with van der Waals surface area (Å²) in [6.45, 7) is 0. The quantitative estimate of drug-likeness (QED) is 0.429. The summed E-state index contributed by atoms with van der Waals surface area (Å²) >= 11 is 12.3. The van der Waals surface area contributed by atoms with Crippen LogP contribution in [0.4, 0.5) is 0 Å². The number of hydrogen-bond donors (Lipinski definition) is 0. The summed E-state index contributed by atoms with van der Waals surface area (Å²) < 4.78 is 6.06. The van der Waals surface area contributed by atoms with Crippen molar-refractivity contribution in [2.75, 3.05) is 0 Å². The standard InChI is InChI=1S/C21H24Cl2O3/c22-15-8-7-14(13-16(15)23)17-20(9-3-1-4-10-20)18(24)21(19(25)26-17)11-5-2-6-12-21/h7-8,13,17H,1-6,9-12H2. The van der Waals surface area contributed by atoms with Crippen LogP contribution in [0, 0.1) is 10.8 Å². The third-order valence-electron chi connectivity index (χ3n) is 6.70. The van der Waals surface area contributed by atoms with Gasteiger partial charge in [-0.3, -0.25) is 9.59 Å². The molecule has 1 aromatic carbocycles. The van der Waals surface area contributed by atoms with Gasteiger partial charge in [0.1, 0.15) is 11.5 Å². The maximum Gasteiger partial charge on any atom is 0.320 e. The minimum Gasteiger partial charge on any atom is -0.456 e. The van der Waals surface area contributed by atoms with E-state index in [0.717, 1.165) is 56.9 Å². The van der Waals surface area contributed by atoms with Gasteiger partial charge in [0.2, 0.25) is 0 Å². The monoisotopic (exact) mass is 394 g/mol. The van der Waals surface area contributed by atoms with Gasteiger partial charge < -0.3 is 4.74 Å². The zero-order valence-electron chi connectivity index (χ0n) is 14.9. The highest BCUT2D eigenvalue weighted by molar-refractivity contribution is 6.42. The van der Waals surface area contributed by atoms with Crippen molar-refractivity contribution in [1.82, 2.24) is 0 Å². The van der Waals surface area contributed by atoms with Crippen molar-refractivity contribution < 1.29 is 14.3 Å². The molecule has 1 atom stereocenters. The molecule has 2 aliphatic carbocycles. The van der Waals surface area contributed by atoms with Crippen LogP contribution in [0.1, 0.15) is 75.9 Å². The summed E-state index contributed by atoms with van der Waals surface area (Å²) in [6, 6.07) is 5.32. The Kier molecular flexibility index (Phi) is 4.81. The fraction of sp³-hybridized carbons (Fsp3) is 0.619. The van der Waals surface area contributed by atoms with Gasteiger partial charge in [-0.05, 0) is 43.4 Å². The molecule has 140 valence electrons. The number of Topliss-reactive ketones (excluding diaryl/α,β-unsaturated/α-hetero) is 1. The molecular formula is C21H24Cl2O3. The van der Waals surface area contributed by atoms with Crippen LogP contribution in [0.25, 0.3) is 0 Å². The molecule has 0 aromatic heterocycles. The van der Waals surface area contributed by atoms with Gasteiger partial charge in [-0.1, -0.05) is 67.8 Å². The molecule has 5 heteroatoms. The predicted octanol–water partition coefficient (Wildman–Crippen LogP) is 6.06. The first-order valence-electron chi connectivity index (χ1n) is 9.71. The van der Waals surface area contributed by atoms with Crippen molar-refractivity contribution in [1.29, 1.82) is 0 Å². The third-order valence-corrected chi connectivity index (χ3v) is 7.44. The highest BCUT2D eigenvalue weighted by atomic mass is 35.5. The number of esters is 1. The molecule has 1 saturated heterocycles. The lowest BCUT2D eigenvalue weighted by Gasteiger charge is -2.52. The molecule has 2 spiro atoms. The van der Waals surface area contributed by atoms with Crippen LogP contribution in [0.3, 0.4) is 0 Å². The maximum atomic E-state index is 13.9. The number of carbonyl (C=O) groups is 2. The molecule has 1 aromatic rings. The lowest BCUT2D eigenvalue weighted by Crippen LogP contribution is -2.58. The number of cyclic esters (lactones) is 1. The van der Waals surface area contributed by atoms with E-state index in [9.17, 15) is 9.59 Å². The van der Waals surface area contributed by atoms with Crippen LogP contribution in [0.5, 0.6) is 0 Å². The zero-order valence-corrected chi connectivity index (χ0v) is 16.4. The highest BCUT2D eigenvalue weighted by Gasteiger charge is 2.63. The number of benzene rings is 1. The van der Waals surface area contributed by atoms with E-state index in [-0.39, 0.29) is 11.8 Å². The van der Waals surface area contributed by atoms with Crippen LogP contribution in [-0.2, 0) is 14.3 Å². The number of hydrogen-bond acceptors (Lipinski definition) is 3. The van der Waals surface area contributed by atoms with Crippen molar-refractivity contribution in [2.24, 2.45) is 10.8 Å². The largest absolute Gasteiger partial charge is 0.456 e. The van der Waals surface area contributed by atoms with Gasteiger partial charge in [0.15, 0.2) is 5.78 Å². The lowest BCUT2D eigenvalue weighted by molar-refractivity contribution is -0.198. The first kappa shape index (κ1) is 18.3. The smallest absolute Gasteiger partial charge is 0.320 e. The number of ether oxygens (including phenoxy) is 1. The first-order chi connectivity index (χ1) is 12.5. The Labute approximate surface area is 164 Å². The number of halogens is 2. The molecule has 3 nitrogen and oxygen atoms in total. The summed E-state index contributed by atoms with van der Waals surface area (Å²) in [5, 5.41) is 0.891. The van der Waals surface area contributed by atoms with E-state index in [4.69, 9.17) is 27.9 Å². The normalized spacial score (nSPS) is 27.5. The van der Waals surface area contributed by atoms with E-state index in [1.807, 2.05) is 6.07 Å². The van der Waals surface area contributed by atoms with Crippen LogP contribution >= 0.6 is 23.2 Å². The maximum absolute atomic E-state index is 13.9. The van der Waals surface area contributed by atoms with Gasteiger partial charge in [-0.15, -0.1) is 0 Å². The molecule has 3 aliphatic rings. The van der Waals surface area contributed by atoms with Crippen LogP contribution < -0.4 is 0 Å². The third kappa shape index (κ3) is 2.70. The number of rotatable bonds is 1. The Bertz CT molecular complexity index is 731. The van der Waals surface area contributed by atoms with Crippen molar-refractivity contribution >= 4 is 35.0 Å². The van der Waals surface area contributed by atoms with E-state index in [1.165, 1.54) is 0 Å². The molecule has 1 heterocycles. The van der Waals surface area contributed by atoms with Crippen molar-refractivity contribution in [3.63, 3.8) is 0 Å². The van der Waals surface area contributed by atoms with E-state index in [2.05, 4.69) is 0 Å². The molecule has 4 rings (SSSR count). The second kappa shape index (κ2) is 6.83. The van der Waals surface area contributed by atoms with Crippen molar-refractivity contribution in [3.05, 3.63) is 33.8 Å². The molecule has 2 saturated carbocycles. The SMILES string of the molecule is O=C1OC(c2ccc(Cl)c(Cl)c2)C2(CCCCC2)C(=O)C12CCCCC2. The molecule has 26 heavy (non-hydrogen) atoms. The fourth-order valence-corrected chi connectivity index (χ4v) is 5.65. The molecule has 0 radical (unpaired) electrons. The van der Waals surface area contributed by atoms with E-state index < -0.39 is 16.9 Å². The Morgan fingerprint density at radius 2 is 1.46 bits per heavy atom. The van der Waals surface area contributed by atoms with Crippen molar-refractivity contribution in [3.8, 4) is 0 Å². The van der Waals surface area contributed by atoms with Crippen LogP contribution in [0.15, 0.2) is 18.2 Å². The van der Waals surface area contributed by atoms with E-state index in [0.29, 0.717) is 22.9 Å². The molecule has 1 unspecified atom stereocenters. The van der Waals surface area contributed by atoms with Gasteiger partial charge in [0.25, 0.3) is 0 Å². The van der Waals surface area contributed by atoms with Crippen LogP contribution in [-0.4, -0.2) is 11.8 Å². The average Bonchev–Trinajstić information content (AvgIpc) is 2.67. The highest BCUT2D eigenvalue weighted by Crippen LogP contribution is 2.58. The topological polar surface area (TPSA) is 43.4 Å². The molecular weight excluding hydrogens is 371 g/mol. The van der Waals surface area contributed by atoms with Gasteiger partial charge in [0, 0.05) is 0 Å².